The maximum absolute atomic E-state index is 5.80. The van der Waals surface area contributed by atoms with E-state index in [0.29, 0.717) is 0 Å². The van der Waals surface area contributed by atoms with Gasteiger partial charge in [-0.3, -0.25) is 0 Å². The number of benzene rings is 1. The predicted molar refractivity (Wildman–Crippen MR) is 59.0 cm³/mol. The fourth-order valence-electron chi connectivity index (χ4n) is 1.92. The minimum absolute atomic E-state index is 0.0329. The standard InChI is InChI=1S/C12H17NO2/c1-8-4-3-5-9(6-8)15-11-7-10(13)12(11)14-2/h3-6,10-12H,7,13H2,1-2H3. The number of methoxy groups -OCH3 is 1. The lowest BCUT2D eigenvalue weighted by atomic mass is 9.86. The molecule has 0 radical (unpaired) electrons. The first kappa shape index (κ1) is 10.5. The minimum Gasteiger partial charge on any atom is -0.488 e. The van der Waals surface area contributed by atoms with E-state index in [1.807, 2.05) is 31.2 Å². The second kappa shape index (κ2) is 4.21. The van der Waals surface area contributed by atoms with Crippen LogP contribution in [0, 0.1) is 6.92 Å². The summed E-state index contributed by atoms with van der Waals surface area (Å²) >= 11 is 0. The normalized spacial score (nSPS) is 29.7. The Balaban J connectivity index is 1.98. The van der Waals surface area contributed by atoms with E-state index in [1.54, 1.807) is 7.11 Å². The predicted octanol–water partition coefficient (Wildman–Crippen LogP) is 1.49. The number of aryl methyl sites for hydroxylation is 1. The largest absolute Gasteiger partial charge is 0.488 e. The van der Waals surface area contributed by atoms with Crippen LogP contribution in [-0.2, 0) is 4.74 Å². The summed E-state index contributed by atoms with van der Waals surface area (Å²) in [6.45, 7) is 2.05. The van der Waals surface area contributed by atoms with Crippen molar-refractivity contribution in [2.24, 2.45) is 5.73 Å². The van der Waals surface area contributed by atoms with Crippen LogP contribution in [0.3, 0.4) is 0 Å². The number of nitrogens with two attached hydrogens (primary N) is 1. The second-order valence-corrected chi connectivity index (χ2v) is 4.07. The summed E-state index contributed by atoms with van der Waals surface area (Å²) in [6.07, 6.45) is 1.00. The van der Waals surface area contributed by atoms with E-state index in [0.717, 1.165) is 12.2 Å². The Labute approximate surface area is 90.2 Å². The van der Waals surface area contributed by atoms with Crippen molar-refractivity contribution < 1.29 is 9.47 Å². The van der Waals surface area contributed by atoms with Crippen molar-refractivity contribution in [2.75, 3.05) is 7.11 Å². The SMILES string of the molecule is COC1C(N)CC1Oc1cccc(C)c1. The Morgan fingerprint density at radius 2 is 2.20 bits per heavy atom. The maximum atomic E-state index is 5.80. The number of ether oxygens (including phenoxy) is 2. The first-order valence-corrected chi connectivity index (χ1v) is 5.22. The van der Waals surface area contributed by atoms with Crippen molar-refractivity contribution in [3.8, 4) is 5.75 Å². The molecule has 0 aliphatic heterocycles. The third-order valence-corrected chi connectivity index (χ3v) is 2.84. The molecule has 0 bridgehead atoms. The van der Waals surface area contributed by atoms with Gasteiger partial charge in [0.25, 0.3) is 0 Å². The molecule has 0 saturated heterocycles. The van der Waals surface area contributed by atoms with E-state index in [2.05, 4.69) is 0 Å². The molecular formula is C12H17NO2. The Morgan fingerprint density at radius 1 is 1.40 bits per heavy atom. The van der Waals surface area contributed by atoms with Crippen LogP contribution in [0.4, 0.5) is 0 Å². The molecule has 1 aromatic carbocycles. The maximum Gasteiger partial charge on any atom is 0.128 e. The van der Waals surface area contributed by atoms with Crippen LogP contribution in [-0.4, -0.2) is 25.4 Å². The molecule has 2 rings (SSSR count). The molecule has 1 aromatic rings. The molecule has 3 heteroatoms. The molecule has 0 aromatic heterocycles. The van der Waals surface area contributed by atoms with Crippen molar-refractivity contribution in [1.29, 1.82) is 0 Å². The summed E-state index contributed by atoms with van der Waals surface area (Å²) in [5.74, 6) is 0.897. The van der Waals surface area contributed by atoms with E-state index in [9.17, 15) is 0 Å². The Hall–Kier alpha value is -1.06. The van der Waals surface area contributed by atoms with Crippen LogP contribution in [0.15, 0.2) is 24.3 Å². The molecule has 1 saturated carbocycles. The van der Waals surface area contributed by atoms with Gasteiger partial charge in [-0.2, -0.15) is 0 Å². The van der Waals surface area contributed by atoms with Gasteiger partial charge in [0.2, 0.25) is 0 Å². The van der Waals surface area contributed by atoms with Gasteiger partial charge in [-0.1, -0.05) is 12.1 Å². The van der Waals surface area contributed by atoms with Gasteiger partial charge >= 0.3 is 0 Å². The van der Waals surface area contributed by atoms with Crippen molar-refractivity contribution in [3.63, 3.8) is 0 Å². The second-order valence-electron chi connectivity index (χ2n) is 4.07. The molecule has 3 nitrogen and oxygen atoms in total. The molecule has 0 amide bonds. The third kappa shape index (κ3) is 2.13. The molecule has 1 aliphatic carbocycles. The topological polar surface area (TPSA) is 44.5 Å². The van der Waals surface area contributed by atoms with Crippen LogP contribution in [0.1, 0.15) is 12.0 Å². The van der Waals surface area contributed by atoms with Crippen molar-refractivity contribution in [2.45, 2.75) is 31.6 Å². The summed E-state index contributed by atoms with van der Waals surface area (Å²) in [5.41, 5.74) is 7.00. The molecule has 0 spiro atoms. The number of hydrogen-bond donors (Lipinski definition) is 1. The van der Waals surface area contributed by atoms with Crippen LogP contribution in [0.5, 0.6) is 5.75 Å². The highest BCUT2D eigenvalue weighted by atomic mass is 16.5. The van der Waals surface area contributed by atoms with E-state index >= 15 is 0 Å². The van der Waals surface area contributed by atoms with Crippen LogP contribution in [0.25, 0.3) is 0 Å². The fraction of sp³-hybridized carbons (Fsp3) is 0.500. The Morgan fingerprint density at radius 3 is 2.80 bits per heavy atom. The molecule has 1 aliphatic rings. The molecular weight excluding hydrogens is 190 g/mol. The average molecular weight is 207 g/mol. The van der Waals surface area contributed by atoms with Gasteiger partial charge in [0.05, 0.1) is 0 Å². The van der Waals surface area contributed by atoms with Gasteiger partial charge in [0, 0.05) is 19.6 Å². The lowest BCUT2D eigenvalue weighted by molar-refractivity contribution is -0.0782. The molecule has 0 heterocycles. The number of hydrogen-bond acceptors (Lipinski definition) is 3. The minimum atomic E-state index is 0.0329. The van der Waals surface area contributed by atoms with Gasteiger partial charge in [-0.15, -0.1) is 0 Å². The molecule has 82 valence electrons. The first-order valence-electron chi connectivity index (χ1n) is 5.22. The molecule has 15 heavy (non-hydrogen) atoms. The fourth-order valence-corrected chi connectivity index (χ4v) is 1.92. The van der Waals surface area contributed by atoms with Crippen molar-refractivity contribution in [3.05, 3.63) is 29.8 Å². The Bertz CT molecular complexity index is 340. The zero-order valence-corrected chi connectivity index (χ0v) is 9.14. The van der Waals surface area contributed by atoms with Gasteiger partial charge in [0.1, 0.15) is 18.0 Å². The zero-order chi connectivity index (χ0) is 10.8. The summed E-state index contributed by atoms with van der Waals surface area (Å²) in [6, 6.07) is 8.14. The summed E-state index contributed by atoms with van der Waals surface area (Å²) in [5, 5.41) is 0. The molecule has 3 atom stereocenters. The van der Waals surface area contributed by atoms with E-state index in [1.165, 1.54) is 5.56 Å². The van der Waals surface area contributed by atoms with Crippen LogP contribution < -0.4 is 10.5 Å². The molecule has 3 unspecified atom stereocenters. The lowest BCUT2D eigenvalue weighted by Crippen LogP contribution is -2.59. The van der Waals surface area contributed by atoms with Crippen molar-refractivity contribution in [1.82, 2.24) is 0 Å². The number of rotatable bonds is 3. The summed E-state index contributed by atoms with van der Waals surface area (Å²) in [7, 11) is 1.68. The monoisotopic (exact) mass is 207 g/mol. The molecule has 1 fully saturated rings. The summed E-state index contributed by atoms with van der Waals surface area (Å²) in [4.78, 5) is 0. The molecule has 2 N–H and O–H groups in total. The zero-order valence-electron chi connectivity index (χ0n) is 9.14. The van der Waals surface area contributed by atoms with E-state index in [4.69, 9.17) is 15.2 Å². The van der Waals surface area contributed by atoms with Gasteiger partial charge in [-0.25, -0.2) is 0 Å². The van der Waals surface area contributed by atoms with E-state index in [-0.39, 0.29) is 18.2 Å². The highest BCUT2D eigenvalue weighted by Crippen LogP contribution is 2.27. The van der Waals surface area contributed by atoms with Gasteiger partial charge in [0.15, 0.2) is 0 Å². The van der Waals surface area contributed by atoms with Crippen LogP contribution >= 0.6 is 0 Å². The summed E-state index contributed by atoms with van der Waals surface area (Å²) < 4.78 is 11.1. The smallest absolute Gasteiger partial charge is 0.128 e. The highest BCUT2D eigenvalue weighted by Gasteiger charge is 2.40. The highest BCUT2D eigenvalue weighted by molar-refractivity contribution is 5.28. The van der Waals surface area contributed by atoms with Gasteiger partial charge < -0.3 is 15.2 Å². The van der Waals surface area contributed by atoms with Crippen LogP contribution in [0.2, 0.25) is 0 Å². The van der Waals surface area contributed by atoms with Crippen molar-refractivity contribution >= 4 is 0 Å². The first-order chi connectivity index (χ1) is 7.20. The van der Waals surface area contributed by atoms with E-state index < -0.39 is 0 Å². The Kier molecular flexibility index (Phi) is 2.93. The quantitative estimate of drug-likeness (QED) is 0.816. The lowest BCUT2D eigenvalue weighted by Gasteiger charge is -2.41. The average Bonchev–Trinajstić information content (AvgIpc) is 2.17. The van der Waals surface area contributed by atoms with Gasteiger partial charge in [-0.05, 0) is 24.6 Å². The third-order valence-electron chi connectivity index (χ3n) is 2.84.